The third-order valence-electron chi connectivity index (χ3n) is 2.44. The summed E-state index contributed by atoms with van der Waals surface area (Å²) < 4.78 is 23.9. The molecule has 0 aliphatic heterocycles. The summed E-state index contributed by atoms with van der Waals surface area (Å²) in [5.41, 5.74) is 0.0715. The molecule has 0 fully saturated rings. The molecular formula is C11H9ClN2O4S. The fourth-order valence-electron chi connectivity index (χ4n) is 1.54. The van der Waals surface area contributed by atoms with Crippen LogP contribution >= 0.6 is 11.6 Å². The number of aromatic nitrogens is 2. The number of hydrogen-bond acceptors (Lipinski definition) is 4. The van der Waals surface area contributed by atoms with Crippen LogP contribution in [0.2, 0.25) is 5.02 Å². The van der Waals surface area contributed by atoms with Gasteiger partial charge < -0.3 is 5.11 Å². The van der Waals surface area contributed by atoms with Gasteiger partial charge >= 0.3 is 5.97 Å². The van der Waals surface area contributed by atoms with Crippen molar-refractivity contribution in [3.05, 3.63) is 41.2 Å². The number of rotatable bonds is 3. The average molecular weight is 301 g/mol. The first kappa shape index (κ1) is 13.6. The quantitative estimate of drug-likeness (QED) is 0.930. The van der Waals surface area contributed by atoms with Crippen LogP contribution in [0.5, 0.6) is 0 Å². The molecule has 0 amide bonds. The number of carbonyl (C=O) groups is 1. The molecule has 0 aliphatic carbocycles. The van der Waals surface area contributed by atoms with E-state index in [9.17, 15) is 13.2 Å². The van der Waals surface area contributed by atoms with Crippen LogP contribution in [0, 0.1) is 0 Å². The van der Waals surface area contributed by atoms with Crippen LogP contribution in [0.1, 0.15) is 10.4 Å². The normalized spacial score (nSPS) is 11.5. The van der Waals surface area contributed by atoms with E-state index < -0.39 is 15.8 Å². The first-order valence-electron chi connectivity index (χ1n) is 5.07. The maximum absolute atomic E-state index is 11.4. The van der Waals surface area contributed by atoms with Gasteiger partial charge in [-0.15, -0.1) is 0 Å². The van der Waals surface area contributed by atoms with Gasteiger partial charge in [0.25, 0.3) is 0 Å². The lowest BCUT2D eigenvalue weighted by Gasteiger charge is -2.07. The van der Waals surface area contributed by atoms with E-state index in [-0.39, 0.29) is 21.2 Å². The van der Waals surface area contributed by atoms with Crippen molar-refractivity contribution in [1.29, 1.82) is 0 Å². The van der Waals surface area contributed by atoms with Crippen molar-refractivity contribution in [1.82, 2.24) is 9.78 Å². The van der Waals surface area contributed by atoms with Gasteiger partial charge in [0.1, 0.15) is 10.5 Å². The zero-order chi connectivity index (χ0) is 14.2. The monoisotopic (exact) mass is 300 g/mol. The van der Waals surface area contributed by atoms with Crippen LogP contribution in [0.25, 0.3) is 5.69 Å². The van der Waals surface area contributed by atoms with Crippen molar-refractivity contribution >= 4 is 27.4 Å². The summed E-state index contributed by atoms with van der Waals surface area (Å²) in [5, 5.41) is 13.0. The number of nitrogens with zero attached hydrogens (tertiary/aromatic N) is 2. The summed E-state index contributed by atoms with van der Waals surface area (Å²) in [7, 11) is -3.40. The van der Waals surface area contributed by atoms with E-state index in [4.69, 9.17) is 16.7 Å². The lowest BCUT2D eigenvalue weighted by molar-refractivity contribution is 0.0697. The van der Waals surface area contributed by atoms with E-state index >= 15 is 0 Å². The topological polar surface area (TPSA) is 89.3 Å². The summed E-state index contributed by atoms with van der Waals surface area (Å²) in [5.74, 6) is -1.21. The SMILES string of the molecule is CS(=O)(=O)c1cnn(-c2cccc(Cl)c2C(=O)O)c1. The molecule has 8 heteroatoms. The van der Waals surface area contributed by atoms with Crippen LogP contribution < -0.4 is 0 Å². The number of sulfone groups is 1. The first-order chi connectivity index (χ1) is 8.80. The molecule has 1 aromatic heterocycles. The maximum atomic E-state index is 11.4. The van der Waals surface area contributed by atoms with Gasteiger partial charge in [-0.25, -0.2) is 17.9 Å². The summed E-state index contributed by atoms with van der Waals surface area (Å²) in [6, 6.07) is 4.50. The summed E-state index contributed by atoms with van der Waals surface area (Å²) in [6.07, 6.45) is 3.44. The predicted octanol–water partition coefficient (Wildman–Crippen LogP) is 1.63. The molecule has 19 heavy (non-hydrogen) atoms. The molecule has 0 saturated carbocycles. The van der Waals surface area contributed by atoms with E-state index in [2.05, 4.69) is 5.10 Å². The van der Waals surface area contributed by atoms with Crippen LogP contribution in [-0.4, -0.2) is 35.5 Å². The molecule has 6 nitrogen and oxygen atoms in total. The smallest absolute Gasteiger partial charge is 0.339 e. The lowest BCUT2D eigenvalue weighted by Crippen LogP contribution is -2.06. The Morgan fingerprint density at radius 1 is 1.42 bits per heavy atom. The van der Waals surface area contributed by atoms with Gasteiger partial charge in [0, 0.05) is 12.5 Å². The molecule has 0 aliphatic rings. The van der Waals surface area contributed by atoms with Crippen LogP contribution in [0.15, 0.2) is 35.5 Å². The number of hydrogen-bond donors (Lipinski definition) is 1. The minimum absolute atomic E-state index is 0.00353. The molecule has 0 unspecified atom stereocenters. The Kier molecular flexibility index (Phi) is 3.34. The van der Waals surface area contributed by atoms with Crippen molar-refractivity contribution in [2.45, 2.75) is 4.90 Å². The van der Waals surface area contributed by atoms with Crippen molar-refractivity contribution < 1.29 is 18.3 Å². The molecule has 0 bridgehead atoms. The van der Waals surface area contributed by atoms with Gasteiger partial charge in [-0.3, -0.25) is 0 Å². The maximum Gasteiger partial charge on any atom is 0.339 e. The third kappa shape index (κ3) is 2.61. The molecule has 2 aromatic rings. The molecular weight excluding hydrogens is 292 g/mol. The Labute approximate surface area is 114 Å². The Morgan fingerprint density at radius 2 is 2.11 bits per heavy atom. The highest BCUT2D eigenvalue weighted by Crippen LogP contribution is 2.23. The van der Waals surface area contributed by atoms with Crippen molar-refractivity contribution in [3.8, 4) is 5.69 Å². The molecule has 0 spiro atoms. The molecule has 100 valence electrons. The van der Waals surface area contributed by atoms with E-state index in [0.29, 0.717) is 0 Å². The van der Waals surface area contributed by atoms with Crippen LogP contribution in [0.3, 0.4) is 0 Å². The zero-order valence-corrected chi connectivity index (χ0v) is 11.3. The Bertz CT molecular complexity index is 752. The highest BCUT2D eigenvalue weighted by atomic mass is 35.5. The van der Waals surface area contributed by atoms with Gasteiger partial charge in [-0.2, -0.15) is 5.10 Å². The highest BCUT2D eigenvalue weighted by Gasteiger charge is 2.18. The van der Waals surface area contributed by atoms with E-state index in [0.717, 1.165) is 12.5 Å². The van der Waals surface area contributed by atoms with E-state index in [1.54, 1.807) is 6.07 Å². The number of benzene rings is 1. The van der Waals surface area contributed by atoms with E-state index in [1.807, 2.05) is 0 Å². The summed E-state index contributed by atoms with van der Waals surface area (Å²) >= 11 is 5.83. The van der Waals surface area contributed by atoms with Gasteiger partial charge in [-0.1, -0.05) is 17.7 Å². The molecule has 0 saturated heterocycles. The summed E-state index contributed by atoms with van der Waals surface area (Å²) in [4.78, 5) is 11.2. The standard InChI is InChI=1S/C11H9ClN2O4S/c1-19(17,18)7-5-13-14(6-7)9-4-2-3-8(12)10(9)11(15)16/h2-6H,1H3,(H,15,16). The van der Waals surface area contributed by atoms with Crippen LogP contribution in [-0.2, 0) is 9.84 Å². The molecule has 1 N–H and O–H groups in total. The number of carboxylic acids is 1. The molecule has 1 aromatic carbocycles. The predicted molar refractivity (Wildman–Crippen MR) is 68.6 cm³/mol. The van der Waals surface area contributed by atoms with Crippen molar-refractivity contribution in [3.63, 3.8) is 0 Å². The summed E-state index contributed by atoms with van der Waals surface area (Å²) in [6.45, 7) is 0. The van der Waals surface area contributed by atoms with Crippen LogP contribution in [0.4, 0.5) is 0 Å². The molecule has 1 heterocycles. The van der Waals surface area contributed by atoms with Gasteiger partial charge in [0.2, 0.25) is 0 Å². The largest absolute Gasteiger partial charge is 0.478 e. The second kappa shape index (κ2) is 4.67. The number of halogens is 1. The Hall–Kier alpha value is -1.86. The van der Waals surface area contributed by atoms with Crippen molar-refractivity contribution in [2.75, 3.05) is 6.26 Å². The fraction of sp³-hybridized carbons (Fsp3) is 0.0909. The first-order valence-corrected chi connectivity index (χ1v) is 7.34. The second-order valence-electron chi connectivity index (χ2n) is 3.83. The number of carboxylic acid groups (broad SMARTS) is 1. The Balaban J connectivity index is 2.63. The molecule has 0 atom stereocenters. The second-order valence-corrected chi connectivity index (χ2v) is 6.25. The lowest BCUT2D eigenvalue weighted by atomic mass is 10.2. The average Bonchev–Trinajstić information content (AvgIpc) is 2.76. The van der Waals surface area contributed by atoms with Gasteiger partial charge in [-0.05, 0) is 12.1 Å². The van der Waals surface area contributed by atoms with Gasteiger partial charge in [0.05, 0.1) is 16.9 Å². The zero-order valence-electron chi connectivity index (χ0n) is 9.74. The number of aromatic carboxylic acids is 1. The third-order valence-corrected chi connectivity index (χ3v) is 3.82. The van der Waals surface area contributed by atoms with Crippen molar-refractivity contribution in [2.24, 2.45) is 0 Å². The van der Waals surface area contributed by atoms with E-state index in [1.165, 1.54) is 23.0 Å². The fourth-order valence-corrected chi connectivity index (χ4v) is 2.33. The minimum Gasteiger partial charge on any atom is -0.478 e. The highest BCUT2D eigenvalue weighted by molar-refractivity contribution is 7.90. The Morgan fingerprint density at radius 3 is 2.63 bits per heavy atom. The molecule has 0 radical (unpaired) electrons. The molecule has 2 rings (SSSR count). The minimum atomic E-state index is -3.40. The van der Waals surface area contributed by atoms with Gasteiger partial charge in [0.15, 0.2) is 9.84 Å².